The van der Waals surface area contributed by atoms with Crippen molar-refractivity contribution in [2.24, 2.45) is 7.05 Å². The van der Waals surface area contributed by atoms with Gasteiger partial charge in [-0.1, -0.05) is 12.8 Å². The molecule has 0 atom stereocenters. The number of rotatable bonds is 1. The molecule has 0 aliphatic heterocycles. The summed E-state index contributed by atoms with van der Waals surface area (Å²) in [6.07, 6.45) is 5.20. The molecule has 2 rings (SSSR count). The molecule has 1 aromatic heterocycles. The third-order valence-electron chi connectivity index (χ3n) is 2.53. The van der Waals surface area contributed by atoms with Crippen LogP contribution in [0.25, 0.3) is 0 Å². The van der Waals surface area contributed by atoms with E-state index in [0.717, 1.165) is 5.82 Å². The maximum absolute atomic E-state index is 5.03. The lowest BCUT2D eigenvalue weighted by Crippen LogP contribution is -1.96. The molecule has 0 radical (unpaired) electrons. The second kappa shape index (κ2) is 3.01. The van der Waals surface area contributed by atoms with Gasteiger partial charge in [0.1, 0.15) is 5.82 Å². The van der Waals surface area contributed by atoms with Crippen molar-refractivity contribution in [3.05, 3.63) is 10.6 Å². The van der Waals surface area contributed by atoms with Crippen LogP contribution in [0.1, 0.15) is 37.4 Å². The molecule has 0 aromatic carbocycles. The molecule has 1 saturated carbocycles. The van der Waals surface area contributed by atoms with Crippen molar-refractivity contribution in [1.82, 2.24) is 14.8 Å². The van der Waals surface area contributed by atoms with Crippen LogP contribution in [0.4, 0.5) is 0 Å². The third-order valence-corrected chi connectivity index (χ3v) is 2.89. The number of aryl methyl sites for hydroxylation is 1. The standard InChI is InChI=1S/C8H13N3S/c1-11-8(12)9-7(10-11)6-4-2-3-5-6/h6H,2-5H2,1H3,(H,9,10,12). The van der Waals surface area contributed by atoms with E-state index in [4.69, 9.17) is 12.2 Å². The first-order valence-corrected chi connectivity index (χ1v) is 4.81. The summed E-state index contributed by atoms with van der Waals surface area (Å²) < 4.78 is 2.47. The van der Waals surface area contributed by atoms with Crippen LogP contribution in [0.15, 0.2) is 0 Å². The maximum atomic E-state index is 5.03. The molecule has 0 saturated heterocycles. The van der Waals surface area contributed by atoms with Gasteiger partial charge in [0.05, 0.1) is 0 Å². The summed E-state index contributed by atoms with van der Waals surface area (Å²) in [4.78, 5) is 4.31. The van der Waals surface area contributed by atoms with Crippen LogP contribution in [0.5, 0.6) is 0 Å². The van der Waals surface area contributed by atoms with Gasteiger partial charge < -0.3 is 0 Å². The van der Waals surface area contributed by atoms with Gasteiger partial charge in [0.2, 0.25) is 4.77 Å². The topological polar surface area (TPSA) is 33.6 Å². The molecule has 1 heterocycles. The van der Waals surface area contributed by atoms with Gasteiger partial charge in [0.15, 0.2) is 0 Å². The molecule has 1 fully saturated rings. The van der Waals surface area contributed by atoms with Crippen molar-refractivity contribution in [2.75, 3.05) is 0 Å². The summed E-state index contributed by atoms with van der Waals surface area (Å²) in [7, 11) is 1.91. The summed E-state index contributed by atoms with van der Waals surface area (Å²) in [5.74, 6) is 1.72. The van der Waals surface area contributed by atoms with E-state index in [1.54, 1.807) is 0 Å². The van der Waals surface area contributed by atoms with Crippen molar-refractivity contribution in [3.63, 3.8) is 0 Å². The molecule has 66 valence electrons. The lowest BCUT2D eigenvalue weighted by atomic mass is 10.1. The number of hydrogen-bond acceptors (Lipinski definition) is 2. The van der Waals surface area contributed by atoms with Gasteiger partial charge >= 0.3 is 0 Å². The van der Waals surface area contributed by atoms with Crippen molar-refractivity contribution in [1.29, 1.82) is 0 Å². The van der Waals surface area contributed by atoms with Gasteiger partial charge in [-0.25, -0.2) is 4.98 Å². The minimum absolute atomic E-state index is 0.632. The largest absolute Gasteiger partial charge is 0.283 e. The minimum Gasteiger partial charge on any atom is -0.283 e. The molecular formula is C8H13N3S. The van der Waals surface area contributed by atoms with Crippen molar-refractivity contribution < 1.29 is 0 Å². The van der Waals surface area contributed by atoms with Gasteiger partial charge in [0, 0.05) is 13.0 Å². The van der Waals surface area contributed by atoms with Crippen LogP contribution < -0.4 is 0 Å². The number of aromatic amines is 1. The normalized spacial score (nSPS) is 18.8. The zero-order chi connectivity index (χ0) is 8.55. The Morgan fingerprint density at radius 1 is 1.50 bits per heavy atom. The first kappa shape index (κ1) is 7.98. The van der Waals surface area contributed by atoms with Crippen molar-refractivity contribution >= 4 is 12.2 Å². The Labute approximate surface area is 76.8 Å². The number of aromatic nitrogens is 3. The highest BCUT2D eigenvalue weighted by atomic mass is 32.1. The minimum atomic E-state index is 0.632. The Hall–Kier alpha value is -0.640. The molecule has 1 aliphatic carbocycles. The Morgan fingerprint density at radius 3 is 2.67 bits per heavy atom. The van der Waals surface area contributed by atoms with Gasteiger partial charge in [-0.15, -0.1) is 0 Å². The van der Waals surface area contributed by atoms with Gasteiger partial charge in [-0.3, -0.25) is 9.78 Å². The Morgan fingerprint density at radius 2 is 2.17 bits per heavy atom. The highest BCUT2D eigenvalue weighted by Gasteiger charge is 2.19. The molecule has 1 N–H and O–H groups in total. The summed E-state index contributed by atoms with van der Waals surface area (Å²) >= 11 is 5.03. The second-order valence-corrected chi connectivity index (χ2v) is 3.80. The zero-order valence-corrected chi connectivity index (χ0v) is 8.02. The van der Waals surface area contributed by atoms with Crippen LogP contribution in [0.2, 0.25) is 0 Å². The molecule has 1 aromatic rings. The first-order chi connectivity index (χ1) is 5.77. The molecular weight excluding hydrogens is 170 g/mol. The Kier molecular flexibility index (Phi) is 2.00. The maximum Gasteiger partial charge on any atom is 0.215 e. The van der Waals surface area contributed by atoms with Gasteiger partial charge in [-0.2, -0.15) is 0 Å². The first-order valence-electron chi connectivity index (χ1n) is 4.40. The quantitative estimate of drug-likeness (QED) is 0.677. The average Bonchev–Trinajstić information content (AvgIpc) is 2.61. The van der Waals surface area contributed by atoms with E-state index in [9.17, 15) is 0 Å². The SMILES string of the molecule is Cn1[nH]c(C2CCCC2)nc1=S. The van der Waals surface area contributed by atoms with Crippen LogP contribution in [0.3, 0.4) is 0 Å². The number of nitrogens with zero attached hydrogens (tertiary/aromatic N) is 2. The second-order valence-electron chi connectivity index (χ2n) is 3.43. The van der Waals surface area contributed by atoms with Crippen LogP contribution >= 0.6 is 12.2 Å². The molecule has 0 bridgehead atoms. The molecule has 0 unspecified atom stereocenters. The van der Waals surface area contributed by atoms with Crippen LogP contribution in [-0.4, -0.2) is 14.8 Å². The lowest BCUT2D eigenvalue weighted by molar-refractivity contribution is 0.646. The summed E-state index contributed by atoms with van der Waals surface area (Å²) in [6, 6.07) is 0. The molecule has 0 amide bonds. The van der Waals surface area contributed by atoms with E-state index < -0.39 is 0 Å². The predicted molar refractivity (Wildman–Crippen MR) is 49.6 cm³/mol. The molecule has 12 heavy (non-hydrogen) atoms. The lowest BCUT2D eigenvalue weighted by Gasteiger charge is -2.02. The fourth-order valence-corrected chi connectivity index (χ4v) is 1.95. The number of H-pyrrole nitrogens is 1. The summed E-state index contributed by atoms with van der Waals surface area (Å²) in [5, 5.41) is 3.19. The summed E-state index contributed by atoms with van der Waals surface area (Å²) in [6.45, 7) is 0. The fraction of sp³-hybridized carbons (Fsp3) is 0.750. The van der Waals surface area contributed by atoms with Crippen molar-refractivity contribution in [3.8, 4) is 0 Å². The molecule has 3 nitrogen and oxygen atoms in total. The van der Waals surface area contributed by atoms with E-state index in [1.165, 1.54) is 25.7 Å². The molecule has 4 heteroatoms. The Bertz CT molecular complexity index is 319. The Balaban J connectivity index is 2.27. The van der Waals surface area contributed by atoms with Gasteiger partial charge in [0.25, 0.3) is 0 Å². The third kappa shape index (κ3) is 1.31. The number of nitrogens with one attached hydrogen (secondary N) is 1. The zero-order valence-electron chi connectivity index (χ0n) is 7.21. The number of hydrogen-bond donors (Lipinski definition) is 1. The monoisotopic (exact) mass is 183 g/mol. The fourth-order valence-electron chi connectivity index (χ4n) is 1.80. The van der Waals surface area contributed by atoms with Crippen LogP contribution in [-0.2, 0) is 7.05 Å². The van der Waals surface area contributed by atoms with E-state index >= 15 is 0 Å². The molecule has 1 aliphatic rings. The van der Waals surface area contributed by atoms with E-state index in [0.29, 0.717) is 10.7 Å². The average molecular weight is 183 g/mol. The predicted octanol–water partition coefficient (Wildman–Crippen LogP) is 2.14. The van der Waals surface area contributed by atoms with Crippen molar-refractivity contribution in [2.45, 2.75) is 31.6 Å². The van der Waals surface area contributed by atoms with E-state index in [1.807, 2.05) is 11.7 Å². The van der Waals surface area contributed by atoms with Crippen LogP contribution in [0, 0.1) is 4.77 Å². The van der Waals surface area contributed by atoms with Gasteiger partial charge in [-0.05, 0) is 25.1 Å². The summed E-state index contributed by atoms with van der Waals surface area (Å²) in [5.41, 5.74) is 0. The van der Waals surface area contributed by atoms with E-state index in [2.05, 4.69) is 10.1 Å². The molecule has 0 spiro atoms. The highest BCUT2D eigenvalue weighted by molar-refractivity contribution is 7.71. The highest BCUT2D eigenvalue weighted by Crippen LogP contribution is 2.31. The van der Waals surface area contributed by atoms with E-state index in [-0.39, 0.29) is 0 Å². The smallest absolute Gasteiger partial charge is 0.215 e.